The van der Waals surface area contributed by atoms with Crippen LogP contribution in [-0.2, 0) is 45.1 Å². The number of esters is 2. The molecular weight excluding hydrogens is 939 g/mol. The third-order valence-corrected chi connectivity index (χ3v) is 12.2. The van der Waals surface area contributed by atoms with E-state index in [1.54, 1.807) is 12.1 Å². The molecule has 0 saturated carbocycles. The van der Waals surface area contributed by atoms with E-state index in [0.717, 1.165) is 31.4 Å². The molecule has 400 valence electrons. The predicted molar refractivity (Wildman–Crippen MR) is 292 cm³/mol. The first kappa shape index (κ1) is 68.5. The van der Waals surface area contributed by atoms with Crippen molar-refractivity contribution in [3.63, 3.8) is 0 Å². The summed E-state index contributed by atoms with van der Waals surface area (Å²) in [5, 5.41) is 34.0. The molecule has 1 aromatic heterocycles. The number of para-hydroxylation sites is 2. The Morgan fingerprint density at radius 1 is 0.569 bits per heavy atom. The predicted octanol–water partition coefficient (Wildman–Crippen LogP) is 14.9. The van der Waals surface area contributed by atoms with Crippen molar-refractivity contribution in [2.24, 2.45) is 16.7 Å². The second kappa shape index (κ2) is 40.9. The van der Waals surface area contributed by atoms with Crippen molar-refractivity contribution >= 4 is 55.0 Å². The molecule has 0 aliphatic carbocycles. The van der Waals surface area contributed by atoms with E-state index in [1.165, 1.54) is 66.2 Å². The zero-order valence-corrected chi connectivity index (χ0v) is 45.8. The summed E-state index contributed by atoms with van der Waals surface area (Å²) in [6, 6.07) is 44.2. The van der Waals surface area contributed by atoms with Gasteiger partial charge in [0, 0.05) is 38.2 Å². The van der Waals surface area contributed by atoms with E-state index in [9.17, 15) is 14.4 Å². The number of benzene rings is 5. The number of rotatable bonds is 13. The number of anilines is 1. The molecule has 0 bridgehead atoms. The Labute approximate surface area is 432 Å². The van der Waals surface area contributed by atoms with E-state index in [1.807, 2.05) is 146 Å². The van der Waals surface area contributed by atoms with Gasteiger partial charge in [-0.1, -0.05) is 145 Å². The maximum atomic E-state index is 11.7. The van der Waals surface area contributed by atoms with Gasteiger partial charge in [-0.05, 0) is 101 Å². The third kappa shape index (κ3) is 28.4. The third-order valence-electron chi connectivity index (χ3n) is 11.0. The lowest BCUT2D eigenvalue weighted by Gasteiger charge is -2.20. The van der Waals surface area contributed by atoms with Crippen LogP contribution in [-0.4, -0.2) is 73.9 Å². The molecule has 0 saturated heterocycles. The fraction of sp³-hybridized carbons (Fsp3) is 0.421. The summed E-state index contributed by atoms with van der Waals surface area (Å²) in [7, 11) is 4.72. The van der Waals surface area contributed by atoms with E-state index in [-0.39, 0.29) is 29.2 Å². The van der Waals surface area contributed by atoms with Crippen LogP contribution in [0.2, 0.25) is 0 Å². The van der Waals surface area contributed by atoms with Gasteiger partial charge < -0.3 is 14.8 Å². The van der Waals surface area contributed by atoms with E-state index >= 15 is 0 Å². The molecule has 14 nitrogen and oxygen atoms in total. The smallest absolute Gasteiger partial charge is 0.316 e. The van der Waals surface area contributed by atoms with Crippen LogP contribution in [0.25, 0.3) is 20.2 Å². The second-order valence-electron chi connectivity index (χ2n) is 17.1. The minimum atomic E-state index is -0.407. The normalized spacial score (nSPS) is 11.0. The van der Waals surface area contributed by atoms with Crippen molar-refractivity contribution in [2.75, 3.05) is 40.4 Å². The largest absolute Gasteiger partial charge is 0.465 e. The van der Waals surface area contributed by atoms with Crippen molar-refractivity contribution in [3.8, 4) is 5.75 Å². The van der Waals surface area contributed by atoms with Gasteiger partial charge in [-0.25, -0.2) is 19.6 Å². The van der Waals surface area contributed by atoms with Gasteiger partial charge in [0.1, 0.15) is 5.75 Å². The second-order valence-corrected chi connectivity index (χ2v) is 18.1. The Hall–Kier alpha value is -5.59. The molecular formula is C57H83NO13S. The van der Waals surface area contributed by atoms with Crippen LogP contribution in [0, 0.1) is 16.7 Å². The Balaban J connectivity index is 0. The monoisotopic (exact) mass is 1020 g/mol. The first-order valence-corrected chi connectivity index (χ1v) is 24.6. The molecule has 5 aromatic carbocycles. The molecule has 6 rings (SSSR count). The van der Waals surface area contributed by atoms with Gasteiger partial charge in [0.2, 0.25) is 5.91 Å². The number of nitrogens with one attached hydrogen (secondary N) is 1. The number of carbonyl (C=O) groups is 3. The Kier molecular flexibility index (Phi) is 38.9. The molecule has 0 aliphatic rings. The lowest BCUT2D eigenvalue weighted by molar-refractivity contribution is -0.215. The fourth-order valence-corrected chi connectivity index (χ4v) is 6.80. The first-order chi connectivity index (χ1) is 34.3. The standard InChI is InChI=1S/C16H16S.C14H20O2.C12H16O2.C11H15NO.4CH4O2/c1-3-11(2)12-8-6-9-14-13-7-4-5-10-15(13)17-16(12)14;1-4-14(2,3)13(15)16-11-10-12-8-6-5-7-9-12;1-4-12(2,3)11(13)14-10-8-6-5-7-9-10;1-3-9(2)11(13)12-10-7-5-4-6-8-10;4*1-3-2/h4-11H,3H2,1-2H3;5-9H,4,10-11H2,1-3H3;5-9H,4H2,1-3H3;4-9H,3H2,1-2H3,(H,12,13);4*2H,1H3. The molecule has 0 aliphatic heterocycles. The lowest BCUT2D eigenvalue weighted by atomic mass is 9.91. The SMILES string of the molecule is CCC(C)(C)C(=O)OCCc1ccccc1.CCC(C)(C)C(=O)Oc1ccccc1.CCC(C)C(=O)Nc1ccccc1.CCC(C)c1cccc2c1sc1ccccc12.COO.COO.COO.COO. The summed E-state index contributed by atoms with van der Waals surface area (Å²) in [4.78, 5) is 47.7. The highest BCUT2D eigenvalue weighted by atomic mass is 32.1. The average molecular weight is 1020 g/mol. The topological polar surface area (TPSA) is 200 Å². The minimum absolute atomic E-state index is 0.0835. The molecule has 2 unspecified atom stereocenters. The maximum Gasteiger partial charge on any atom is 0.316 e. The van der Waals surface area contributed by atoms with E-state index in [0.29, 0.717) is 18.3 Å². The fourth-order valence-electron chi connectivity index (χ4n) is 5.47. The van der Waals surface area contributed by atoms with Crippen LogP contribution in [0.15, 0.2) is 133 Å². The summed E-state index contributed by atoms with van der Waals surface area (Å²) < 4.78 is 13.4. The molecule has 1 heterocycles. The molecule has 1 amide bonds. The summed E-state index contributed by atoms with van der Waals surface area (Å²) in [5.41, 5.74) is 2.80. The summed E-state index contributed by atoms with van der Waals surface area (Å²) in [5.74, 6) is 1.15. The number of ether oxygens (including phenoxy) is 2. The van der Waals surface area contributed by atoms with E-state index in [2.05, 4.69) is 81.2 Å². The molecule has 0 fully saturated rings. The number of fused-ring (bicyclic) bond motifs is 3. The number of carbonyl (C=O) groups excluding carboxylic acids is 3. The Morgan fingerprint density at radius 3 is 1.50 bits per heavy atom. The van der Waals surface area contributed by atoms with Crippen molar-refractivity contribution in [1.82, 2.24) is 0 Å². The quantitative estimate of drug-likeness (QED) is 0.0317. The van der Waals surface area contributed by atoms with Crippen LogP contribution in [0.1, 0.15) is 112 Å². The molecule has 2 atom stereocenters. The van der Waals surface area contributed by atoms with Gasteiger partial charge in [-0.2, -0.15) is 0 Å². The van der Waals surface area contributed by atoms with Gasteiger partial charge in [-0.15, -0.1) is 11.3 Å². The Bertz CT molecular complexity index is 2260. The highest BCUT2D eigenvalue weighted by Crippen LogP contribution is 2.38. The summed E-state index contributed by atoms with van der Waals surface area (Å²) >= 11 is 1.93. The number of hydrogen-bond acceptors (Lipinski definition) is 14. The van der Waals surface area contributed by atoms with Crippen molar-refractivity contribution in [2.45, 2.75) is 107 Å². The molecule has 5 N–H and O–H groups in total. The van der Waals surface area contributed by atoms with Crippen molar-refractivity contribution in [1.29, 1.82) is 0 Å². The van der Waals surface area contributed by atoms with Crippen LogP contribution >= 0.6 is 11.3 Å². The number of amides is 1. The number of hydrogen-bond donors (Lipinski definition) is 5. The Morgan fingerprint density at radius 2 is 1.01 bits per heavy atom. The maximum absolute atomic E-state index is 11.7. The zero-order chi connectivity index (χ0) is 55.0. The lowest BCUT2D eigenvalue weighted by Crippen LogP contribution is -2.28. The van der Waals surface area contributed by atoms with Crippen molar-refractivity contribution in [3.05, 3.63) is 145 Å². The zero-order valence-electron chi connectivity index (χ0n) is 45.0. The minimum Gasteiger partial charge on any atom is -0.465 e. The molecule has 0 radical (unpaired) electrons. The van der Waals surface area contributed by atoms with Crippen LogP contribution in [0.5, 0.6) is 5.75 Å². The average Bonchev–Trinajstić information content (AvgIpc) is 3.77. The highest BCUT2D eigenvalue weighted by molar-refractivity contribution is 7.26. The van der Waals surface area contributed by atoms with Crippen molar-refractivity contribution < 1.29 is 64.4 Å². The summed E-state index contributed by atoms with van der Waals surface area (Å²) in [6.07, 6.45) is 4.44. The van der Waals surface area contributed by atoms with E-state index in [4.69, 9.17) is 30.5 Å². The van der Waals surface area contributed by atoms with Crippen LogP contribution in [0.3, 0.4) is 0 Å². The number of thiophene rings is 1. The van der Waals surface area contributed by atoms with Gasteiger partial charge in [0.05, 0.1) is 45.9 Å². The molecule has 15 heteroatoms. The van der Waals surface area contributed by atoms with Crippen LogP contribution < -0.4 is 10.1 Å². The molecule has 72 heavy (non-hydrogen) atoms. The van der Waals surface area contributed by atoms with Gasteiger partial charge >= 0.3 is 11.9 Å². The molecule has 0 spiro atoms. The van der Waals surface area contributed by atoms with Gasteiger partial charge in [0.25, 0.3) is 0 Å². The first-order valence-electron chi connectivity index (χ1n) is 23.8. The van der Waals surface area contributed by atoms with Crippen LogP contribution in [0.4, 0.5) is 5.69 Å². The van der Waals surface area contributed by atoms with Gasteiger partial charge in [0.15, 0.2) is 0 Å². The van der Waals surface area contributed by atoms with E-state index < -0.39 is 5.41 Å². The van der Waals surface area contributed by atoms with Gasteiger partial charge in [-0.3, -0.25) is 35.4 Å². The molecule has 6 aromatic rings. The highest BCUT2D eigenvalue weighted by Gasteiger charge is 2.28. The summed E-state index contributed by atoms with van der Waals surface area (Å²) in [6.45, 7) is 20.6.